The zero-order valence-electron chi connectivity index (χ0n) is 15.9. The average Bonchev–Trinajstić information content (AvgIpc) is 2.73. The third-order valence-electron chi connectivity index (χ3n) is 3.70. The molecular formula is C22H23N3O2S. The maximum atomic E-state index is 5.49. The van der Waals surface area contributed by atoms with Crippen molar-refractivity contribution in [1.82, 2.24) is 5.32 Å². The molecule has 0 amide bonds. The summed E-state index contributed by atoms with van der Waals surface area (Å²) in [5, 5.41) is 6.58. The van der Waals surface area contributed by atoms with Crippen LogP contribution >= 0.6 is 12.2 Å². The van der Waals surface area contributed by atoms with Gasteiger partial charge in [0.05, 0.1) is 25.5 Å². The number of thiocarbonyl (C=S) groups is 1. The van der Waals surface area contributed by atoms with Crippen LogP contribution < -0.4 is 20.1 Å². The van der Waals surface area contributed by atoms with Crippen molar-refractivity contribution >= 4 is 28.9 Å². The second-order valence-electron chi connectivity index (χ2n) is 5.48. The molecule has 144 valence electrons. The summed E-state index contributed by atoms with van der Waals surface area (Å²) in [4.78, 5) is 4.56. The lowest BCUT2D eigenvalue weighted by molar-refractivity contribution is 0.413. The lowest BCUT2D eigenvalue weighted by atomic mass is 10.1. The first-order valence-electron chi connectivity index (χ1n) is 8.51. The first-order valence-corrected chi connectivity index (χ1v) is 8.92. The molecule has 2 aromatic rings. The summed E-state index contributed by atoms with van der Waals surface area (Å²) in [6, 6.07) is 15.1. The molecule has 0 saturated heterocycles. The molecule has 0 atom stereocenters. The maximum Gasteiger partial charge on any atom is 0.199 e. The molecule has 0 heterocycles. The Morgan fingerprint density at radius 3 is 2.29 bits per heavy atom. The number of amidine groups is 1. The van der Waals surface area contributed by atoms with Crippen molar-refractivity contribution in [2.45, 2.75) is 0 Å². The van der Waals surface area contributed by atoms with Crippen molar-refractivity contribution < 1.29 is 9.47 Å². The van der Waals surface area contributed by atoms with E-state index in [1.165, 1.54) is 0 Å². The third-order valence-corrected chi connectivity index (χ3v) is 3.90. The standard InChI is InChI=1S/C22H23N3O2S/c1-5-11-16(6-2)23-22(28)25-21(17-12-7-9-14-19(17)26-3)24-18-13-8-10-15-20(18)27-4/h5-15H,1-2H2,3-4H3,(H2,23,24,25,28)/b16-11+. The largest absolute Gasteiger partial charge is 0.496 e. The van der Waals surface area contributed by atoms with Gasteiger partial charge in [-0.3, -0.25) is 0 Å². The molecule has 0 fully saturated rings. The number of anilines is 1. The fraction of sp³-hybridized carbons (Fsp3) is 0.0909. The van der Waals surface area contributed by atoms with Gasteiger partial charge in [0.2, 0.25) is 0 Å². The summed E-state index contributed by atoms with van der Waals surface area (Å²) in [6.07, 6.45) is 5.04. The van der Waals surface area contributed by atoms with Crippen LogP contribution in [0.5, 0.6) is 11.5 Å². The SMILES string of the molecule is C=C/C=C(\C=C)NC(=S)/N=C(\Nc1ccccc1OC)c1ccccc1OC. The molecule has 0 bridgehead atoms. The van der Waals surface area contributed by atoms with Crippen LogP contribution in [-0.2, 0) is 0 Å². The molecule has 0 aliphatic rings. The number of ether oxygens (including phenoxy) is 2. The summed E-state index contributed by atoms with van der Waals surface area (Å²) in [5.41, 5.74) is 2.20. The van der Waals surface area contributed by atoms with Gasteiger partial charge >= 0.3 is 0 Å². The van der Waals surface area contributed by atoms with Gasteiger partial charge in [-0.2, -0.15) is 0 Å². The highest BCUT2D eigenvalue weighted by molar-refractivity contribution is 7.80. The van der Waals surface area contributed by atoms with E-state index in [2.05, 4.69) is 28.8 Å². The van der Waals surface area contributed by atoms with E-state index in [0.717, 1.165) is 11.3 Å². The van der Waals surface area contributed by atoms with E-state index >= 15 is 0 Å². The van der Waals surface area contributed by atoms with Gasteiger partial charge < -0.3 is 20.1 Å². The van der Waals surface area contributed by atoms with Gasteiger partial charge in [-0.15, -0.1) is 0 Å². The van der Waals surface area contributed by atoms with Crippen LogP contribution in [0.3, 0.4) is 0 Å². The number of allylic oxidation sites excluding steroid dienone is 3. The van der Waals surface area contributed by atoms with Crippen molar-refractivity contribution in [3.63, 3.8) is 0 Å². The number of aliphatic imine (C=N–C) groups is 1. The molecule has 0 saturated carbocycles. The van der Waals surface area contributed by atoms with E-state index in [0.29, 0.717) is 23.0 Å². The molecule has 28 heavy (non-hydrogen) atoms. The van der Waals surface area contributed by atoms with Gasteiger partial charge in [0, 0.05) is 5.70 Å². The van der Waals surface area contributed by atoms with Crippen LogP contribution in [0.25, 0.3) is 0 Å². The Kier molecular flexibility index (Phi) is 7.99. The Hall–Kier alpha value is -3.38. The second kappa shape index (κ2) is 10.7. The van der Waals surface area contributed by atoms with Gasteiger partial charge in [-0.1, -0.05) is 43.5 Å². The lowest BCUT2D eigenvalue weighted by Crippen LogP contribution is -2.23. The zero-order valence-corrected chi connectivity index (χ0v) is 16.8. The molecule has 0 aliphatic carbocycles. The molecule has 0 unspecified atom stereocenters. The number of para-hydroxylation sites is 3. The van der Waals surface area contributed by atoms with Crippen LogP contribution in [0, 0.1) is 0 Å². The number of nitrogens with one attached hydrogen (secondary N) is 2. The van der Waals surface area contributed by atoms with Crippen LogP contribution in [0.4, 0.5) is 5.69 Å². The smallest absolute Gasteiger partial charge is 0.199 e. The van der Waals surface area contributed by atoms with E-state index in [4.69, 9.17) is 21.7 Å². The number of rotatable bonds is 7. The Balaban J connectivity index is 2.46. The molecule has 0 aliphatic heterocycles. The Bertz CT molecular complexity index is 920. The van der Waals surface area contributed by atoms with Crippen LogP contribution in [0.2, 0.25) is 0 Å². The van der Waals surface area contributed by atoms with Gasteiger partial charge in [-0.25, -0.2) is 4.99 Å². The summed E-state index contributed by atoms with van der Waals surface area (Å²) in [5.74, 6) is 1.86. The highest BCUT2D eigenvalue weighted by Crippen LogP contribution is 2.26. The fourth-order valence-corrected chi connectivity index (χ4v) is 2.62. The summed E-state index contributed by atoms with van der Waals surface area (Å²) in [7, 11) is 3.22. The first kappa shape index (κ1) is 20.9. The number of benzene rings is 2. The number of methoxy groups -OCH3 is 2. The van der Waals surface area contributed by atoms with Crippen LogP contribution in [0.1, 0.15) is 5.56 Å². The first-order chi connectivity index (χ1) is 13.6. The molecule has 5 nitrogen and oxygen atoms in total. The van der Waals surface area contributed by atoms with E-state index in [9.17, 15) is 0 Å². The minimum absolute atomic E-state index is 0.260. The van der Waals surface area contributed by atoms with Gasteiger partial charge in [0.1, 0.15) is 17.3 Å². The minimum atomic E-state index is 0.260. The Morgan fingerprint density at radius 2 is 1.64 bits per heavy atom. The Labute approximate surface area is 171 Å². The monoisotopic (exact) mass is 393 g/mol. The van der Waals surface area contributed by atoms with Gasteiger partial charge in [0.25, 0.3) is 0 Å². The molecule has 0 radical (unpaired) electrons. The highest BCUT2D eigenvalue weighted by Gasteiger charge is 2.13. The average molecular weight is 394 g/mol. The number of hydrogen-bond donors (Lipinski definition) is 2. The highest BCUT2D eigenvalue weighted by atomic mass is 32.1. The van der Waals surface area contributed by atoms with E-state index in [1.807, 2.05) is 48.5 Å². The van der Waals surface area contributed by atoms with Crippen molar-refractivity contribution in [3.8, 4) is 11.5 Å². The van der Waals surface area contributed by atoms with Crippen LogP contribution in [-0.4, -0.2) is 25.2 Å². The van der Waals surface area contributed by atoms with Crippen molar-refractivity contribution in [1.29, 1.82) is 0 Å². The zero-order chi connectivity index (χ0) is 20.4. The number of hydrogen-bond acceptors (Lipinski definition) is 3. The van der Waals surface area contributed by atoms with Crippen molar-refractivity contribution in [2.24, 2.45) is 4.99 Å². The predicted octanol–water partition coefficient (Wildman–Crippen LogP) is 4.69. The van der Waals surface area contributed by atoms with Gasteiger partial charge in [-0.05, 0) is 48.6 Å². The normalized spacial score (nSPS) is 11.4. The predicted molar refractivity (Wildman–Crippen MR) is 120 cm³/mol. The minimum Gasteiger partial charge on any atom is -0.496 e. The third kappa shape index (κ3) is 5.56. The van der Waals surface area contributed by atoms with Crippen molar-refractivity contribution in [2.75, 3.05) is 19.5 Å². The molecule has 2 N–H and O–H groups in total. The molecular weight excluding hydrogens is 370 g/mol. The fourth-order valence-electron chi connectivity index (χ4n) is 2.41. The summed E-state index contributed by atoms with van der Waals surface area (Å²) in [6.45, 7) is 7.42. The molecule has 0 aromatic heterocycles. The van der Waals surface area contributed by atoms with Crippen molar-refractivity contribution in [3.05, 3.63) is 91.2 Å². The van der Waals surface area contributed by atoms with E-state index in [1.54, 1.807) is 32.4 Å². The molecule has 0 spiro atoms. The number of nitrogens with zero attached hydrogens (tertiary/aromatic N) is 1. The maximum absolute atomic E-state index is 5.49. The molecule has 6 heteroatoms. The second-order valence-corrected chi connectivity index (χ2v) is 5.86. The van der Waals surface area contributed by atoms with Gasteiger partial charge in [0.15, 0.2) is 5.11 Å². The van der Waals surface area contributed by atoms with Crippen LogP contribution in [0.15, 0.2) is 90.6 Å². The molecule has 2 aromatic carbocycles. The molecule has 2 rings (SSSR count). The summed E-state index contributed by atoms with van der Waals surface area (Å²) >= 11 is 5.41. The lowest BCUT2D eigenvalue weighted by Gasteiger charge is -2.16. The van der Waals surface area contributed by atoms with E-state index < -0.39 is 0 Å². The quantitative estimate of drug-likeness (QED) is 0.309. The Morgan fingerprint density at radius 1 is 1.00 bits per heavy atom. The van der Waals surface area contributed by atoms with E-state index in [-0.39, 0.29) is 5.11 Å². The topological polar surface area (TPSA) is 54.9 Å². The summed E-state index contributed by atoms with van der Waals surface area (Å²) < 4.78 is 10.9.